The van der Waals surface area contributed by atoms with E-state index in [1.54, 1.807) is 21.3 Å². The van der Waals surface area contributed by atoms with Crippen molar-refractivity contribution in [3.05, 3.63) is 110 Å². The van der Waals surface area contributed by atoms with Crippen LogP contribution in [0.15, 0.2) is 92.9 Å². The quantitative estimate of drug-likeness (QED) is 0.316. The van der Waals surface area contributed by atoms with Gasteiger partial charge in [0.1, 0.15) is 5.82 Å². The van der Waals surface area contributed by atoms with Crippen LogP contribution in [0.25, 0.3) is 33.2 Å². The van der Waals surface area contributed by atoms with Crippen molar-refractivity contribution in [2.24, 2.45) is 0 Å². The van der Waals surface area contributed by atoms with Gasteiger partial charge in [-0.1, -0.05) is 65.3 Å². The molecule has 33 heavy (non-hydrogen) atoms. The molecule has 0 spiro atoms. The second-order valence-corrected chi connectivity index (χ2v) is 8.95. The maximum Gasteiger partial charge on any atom is 0.261 e. The molecule has 0 aliphatic heterocycles. The van der Waals surface area contributed by atoms with Gasteiger partial charge in [-0.25, -0.2) is 4.98 Å². The molecule has 0 N–H and O–H groups in total. The standard InChI is InChI=1S/C27H22BrN3O2/c1-2-14-30-24-13-12-19(28)15-21(24)22(16-25(30)32)26-29-23-11-7-6-10-20(23)27(33)31(26)17-18-8-4-3-5-9-18/h3-13,15-16H,2,14,17H2,1H3. The Balaban J connectivity index is 1.88. The molecule has 0 radical (unpaired) electrons. The van der Waals surface area contributed by atoms with Crippen molar-refractivity contribution >= 4 is 37.7 Å². The third-order valence-electron chi connectivity index (χ3n) is 5.81. The van der Waals surface area contributed by atoms with E-state index < -0.39 is 0 Å². The topological polar surface area (TPSA) is 56.9 Å². The number of fused-ring (bicyclic) bond motifs is 2. The van der Waals surface area contributed by atoms with Crippen LogP contribution in [0.1, 0.15) is 18.9 Å². The number of benzene rings is 3. The zero-order valence-electron chi connectivity index (χ0n) is 18.2. The molecule has 5 aromatic rings. The number of aryl methyl sites for hydroxylation is 1. The Bertz CT molecular complexity index is 1600. The fourth-order valence-electron chi connectivity index (χ4n) is 4.28. The highest BCUT2D eigenvalue weighted by atomic mass is 79.9. The van der Waals surface area contributed by atoms with Gasteiger partial charge < -0.3 is 4.57 Å². The average Bonchev–Trinajstić information content (AvgIpc) is 2.83. The molecular weight excluding hydrogens is 478 g/mol. The number of pyridine rings is 1. The van der Waals surface area contributed by atoms with Gasteiger partial charge in [-0.3, -0.25) is 14.2 Å². The van der Waals surface area contributed by atoms with Gasteiger partial charge in [0, 0.05) is 28.0 Å². The second-order valence-electron chi connectivity index (χ2n) is 8.04. The summed E-state index contributed by atoms with van der Waals surface area (Å²) in [6.07, 6.45) is 0.845. The number of halogens is 1. The third kappa shape index (κ3) is 3.91. The number of rotatable bonds is 5. The van der Waals surface area contributed by atoms with Crippen molar-refractivity contribution in [2.45, 2.75) is 26.4 Å². The fourth-order valence-corrected chi connectivity index (χ4v) is 4.64. The molecule has 0 aliphatic carbocycles. The summed E-state index contributed by atoms with van der Waals surface area (Å²) < 4.78 is 4.36. The Hall–Kier alpha value is -3.51. The van der Waals surface area contributed by atoms with E-state index in [-0.39, 0.29) is 11.1 Å². The molecule has 0 unspecified atom stereocenters. The average molecular weight is 500 g/mol. The van der Waals surface area contributed by atoms with Crippen LogP contribution in [-0.4, -0.2) is 14.1 Å². The number of aromatic nitrogens is 3. The van der Waals surface area contributed by atoms with Crippen LogP contribution in [-0.2, 0) is 13.1 Å². The minimum absolute atomic E-state index is 0.102. The first-order valence-corrected chi connectivity index (χ1v) is 11.7. The first-order chi connectivity index (χ1) is 16.1. The molecule has 3 aromatic carbocycles. The van der Waals surface area contributed by atoms with E-state index in [9.17, 15) is 9.59 Å². The molecule has 0 saturated heterocycles. The van der Waals surface area contributed by atoms with Gasteiger partial charge in [0.2, 0.25) is 0 Å². The summed E-state index contributed by atoms with van der Waals surface area (Å²) in [4.78, 5) is 31.7. The number of hydrogen-bond acceptors (Lipinski definition) is 3. The summed E-state index contributed by atoms with van der Waals surface area (Å²) in [6, 6.07) is 24.6. The highest BCUT2D eigenvalue weighted by Gasteiger charge is 2.18. The van der Waals surface area contributed by atoms with E-state index in [0.717, 1.165) is 27.4 Å². The highest BCUT2D eigenvalue weighted by molar-refractivity contribution is 9.10. The van der Waals surface area contributed by atoms with Gasteiger partial charge >= 0.3 is 0 Å². The van der Waals surface area contributed by atoms with E-state index in [4.69, 9.17) is 4.98 Å². The summed E-state index contributed by atoms with van der Waals surface area (Å²) >= 11 is 3.57. The predicted molar refractivity (Wildman–Crippen MR) is 137 cm³/mol. The zero-order chi connectivity index (χ0) is 22.9. The number of hydrogen-bond donors (Lipinski definition) is 0. The molecule has 0 saturated carbocycles. The summed E-state index contributed by atoms with van der Waals surface area (Å²) in [7, 11) is 0. The molecule has 0 atom stereocenters. The first kappa shape index (κ1) is 21.3. The monoisotopic (exact) mass is 499 g/mol. The van der Waals surface area contributed by atoms with E-state index in [1.165, 1.54) is 0 Å². The van der Waals surface area contributed by atoms with E-state index in [1.807, 2.05) is 73.7 Å². The molecule has 0 bridgehead atoms. The van der Waals surface area contributed by atoms with Crippen molar-refractivity contribution in [1.82, 2.24) is 14.1 Å². The largest absolute Gasteiger partial charge is 0.308 e. The van der Waals surface area contributed by atoms with E-state index in [2.05, 4.69) is 15.9 Å². The second kappa shape index (κ2) is 8.79. The van der Waals surface area contributed by atoms with Crippen LogP contribution in [0.4, 0.5) is 0 Å². The zero-order valence-corrected chi connectivity index (χ0v) is 19.7. The minimum atomic E-state index is -0.125. The summed E-state index contributed by atoms with van der Waals surface area (Å²) in [6.45, 7) is 3.03. The maximum absolute atomic E-state index is 13.6. The first-order valence-electron chi connectivity index (χ1n) is 10.9. The van der Waals surface area contributed by atoms with Crippen molar-refractivity contribution < 1.29 is 0 Å². The summed E-state index contributed by atoms with van der Waals surface area (Å²) in [5.41, 5.74) is 2.86. The van der Waals surface area contributed by atoms with E-state index >= 15 is 0 Å². The fraction of sp³-hybridized carbons (Fsp3) is 0.148. The van der Waals surface area contributed by atoms with Gasteiger partial charge in [-0.2, -0.15) is 0 Å². The van der Waals surface area contributed by atoms with Crippen LogP contribution in [0, 0.1) is 0 Å². The van der Waals surface area contributed by atoms with Crippen LogP contribution >= 0.6 is 15.9 Å². The predicted octanol–water partition coefficient (Wildman–Crippen LogP) is 5.60. The lowest BCUT2D eigenvalue weighted by Crippen LogP contribution is -2.26. The summed E-state index contributed by atoms with van der Waals surface area (Å²) in [5.74, 6) is 0.492. The normalized spacial score (nSPS) is 11.3. The SMILES string of the molecule is CCCn1c(=O)cc(-c2nc3ccccc3c(=O)n2Cc2ccccc2)c2cc(Br)ccc21. The smallest absolute Gasteiger partial charge is 0.261 e. The molecule has 2 aromatic heterocycles. The Kier molecular flexibility index (Phi) is 5.68. The minimum Gasteiger partial charge on any atom is -0.308 e. The summed E-state index contributed by atoms with van der Waals surface area (Å²) in [5, 5.41) is 1.43. The molecular formula is C27H22BrN3O2. The molecule has 0 aliphatic rings. The van der Waals surface area contributed by atoms with Gasteiger partial charge in [-0.15, -0.1) is 0 Å². The lowest BCUT2D eigenvalue weighted by molar-refractivity contribution is 0.678. The van der Waals surface area contributed by atoms with Gasteiger partial charge in [-0.05, 0) is 42.3 Å². The number of para-hydroxylation sites is 1. The number of nitrogens with zero attached hydrogens (tertiary/aromatic N) is 3. The molecule has 6 heteroatoms. The van der Waals surface area contributed by atoms with Crippen LogP contribution < -0.4 is 11.1 Å². The molecule has 5 rings (SSSR count). The lowest BCUT2D eigenvalue weighted by Gasteiger charge is -2.17. The van der Waals surface area contributed by atoms with Gasteiger partial charge in [0.25, 0.3) is 11.1 Å². The molecule has 0 fully saturated rings. The van der Waals surface area contributed by atoms with Crippen molar-refractivity contribution in [3.63, 3.8) is 0 Å². The van der Waals surface area contributed by atoms with Crippen LogP contribution in [0.2, 0.25) is 0 Å². The molecule has 5 nitrogen and oxygen atoms in total. The van der Waals surface area contributed by atoms with Gasteiger partial charge in [0.15, 0.2) is 0 Å². The molecule has 0 amide bonds. The third-order valence-corrected chi connectivity index (χ3v) is 6.30. The van der Waals surface area contributed by atoms with Crippen molar-refractivity contribution in [1.29, 1.82) is 0 Å². The maximum atomic E-state index is 13.6. The molecule has 2 heterocycles. The molecule has 164 valence electrons. The van der Waals surface area contributed by atoms with Crippen LogP contribution in [0.3, 0.4) is 0 Å². The van der Waals surface area contributed by atoms with Gasteiger partial charge in [0.05, 0.1) is 23.0 Å². The Labute approximate surface area is 199 Å². The Morgan fingerprint density at radius 2 is 1.61 bits per heavy atom. The van der Waals surface area contributed by atoms with E-state index in [0.29, 0.717) is 35.4 Å². The lowest BCUT2D eigenvalue weighted by atomic mass is 10.1. The van der Waals surface area contributed by atoms with Crippen molar-refractivity contribution in [3.8, 4) is 11.4 Å². The highest BCUT2D eigenvalue weighted by Crippen LogP contribution is 2.29. The van der Waals surface area contributed by atoms with Crippen LogP contribution in [0.5, 0.6) is 0 Å². The Morgan fingerprint density at radius 3 is 2.39 bits per heavy atom. The van der Waals surface area contributed by atoms with Crippen molar-refractivity contribution in [2.75, 3.05) is 0 Å². The Morgan fingerprint density at radius 1 is 0.848 bits per heavy atom.